The zero-order valence-corrected chi connectivity index (χ0v) is 12.2. The lowest BCUT2D eigenvalue weighted by Crippen LogP contribution is -2.48. The quantitative estimate of drug-likeness (QED) is 0.814. The van der Waals surface area contributed by atoms with E-state index in [4.69, 9.17) is 16.3 Å². The predicted molar refractivity (Wildman–Crippen MR) is 76.2 cm³/mol. The molecular weight excluding hydrogens is 262 g/mol. The van der Waals surface area contributed by atoms with Crippen LogP contribution in [-0.4, -0.2) is 19.1 Å². The molecule has 1 aromatic rings. The van der Waals surface area contributed by atoms with Crippen LogP contribution in [0.2, 0.25) is 5.02 Å². The van der Waals surface area contributed by atoms with E-state index >= 15 is 0 Å². The number of nitrogens with one attached hydrogen (secondary N) is 1. The Labute approximate surface area is 119 Å². The first-order chi connectivity index (χ1) is 9.08. The van der Waals surface area contributed by atoms with Gasteiger partial charge in [0.2, 0.25) is 0 Å². The van der Waals surface area contributed by atoms with Gasteiger partial charge in [-0.3, -0.25) is 5.32 Å². The van der Waals surface area contributed by atoms with Crippen molar-refractivity contribution in [1.82, 2.24) is 5.32 Å². The summed E-state index contributed by atoms with van der Waals surface area (Å²) < 4.78 is 5.21. The van der Waals surface area contributed by atoms with Crippen molar-refractivity contribution >= 4 is 17.6 Å². The third-order valence-corrected chi connectivity index (χ3v) is 3.87. The van der Waals surface area contributed by atoms with Crippen LogP contribution in [0.5, 0.6) is 0 Å². The molecule has 104 valence electrons. The van der Waals surface area contributed by atoms with Gasteiger partial charge in [0.05, 0.1) is 6.61 Å². The fourth-order valence-corrected chi connectivity index (χ4v) is 2.41. The maximum atomic E-state index is 12.3. The summed E-state index contributed by atoms with van der Waals surface area (Å²) in [5, 5.41) is 3.93. The van der Waals surface area contributed by atoms with Crippen LogP contribution in [0, 0.1) is 5.92 Å². The minimum Gasteiger partial charge on any atom is -0.464 e. The van der Waals surface area contributed by atoms with Gasteiger partial charge < -0.3 is 4.74 Å². The zero-order valence-electron chi connectivity index (χ0n) is 11.4. The molecule has 4 heteroatoms. The Balaban J connectivity index is 2.26. The second kappa shape index (κ2) is 5.93. The second-order valence-electron chi connectivity index (χ2n) is 5.15. The maximum Gasteiger partial charge on any atom is 0.330 e. The number of hydrogen-bond donors (Lipinski definition) is 1. The summed E-state index contributed by atoms with van der Waals surface area (Å²) in [5.41, 5.74) is -0.104. The lowest BCUT2D eigenvalue weighted by molar-refractivity contribution is -0.151. The molecule has 0 aliphatic heterocycles. The van der Waals surface area contributed by atoms with Crippen molar-refractivity contribution in [2.45, 2.75) is 32.2 Å². The first kappa shape index (κ1) is 14.4. The van der Waals surface area contributed by atoms with Crippen LogP contribution in [0.4, 0.5) is 0 Å². The van der Waals surface area contributed by atoms with Crippen molar-refractivity contribution < 1.29 is 9.53 Å². The van der Waals surface area contributed by atoms with Crippen molar-refractivity contribution in [3.63, 3.8) is 0 Å². The van der Waals surface area contributed by atoms with E-state index in [2.05, 4.69) is 5.32 Å². The van der Waals surface area contributed by atoms with Crippen LogP contribution in [0.1, 0.15) is 32.3 Å². The third-order valence-electron chi connectivity index (χ3n) is 3.54. The Morgan fingerprint density at radius 2 is 2.16 bits per heavy atom. The normalized spacial score (nSPS) is 17.8. The van der Waals surface area contributed by atoms with E-state index in [1.54, 1.807) is 6.07 Å². The van der Waals surface area contributed by atoms with Gasteiger partial charge >= 0.3 is 5.97 Å². The zero-order chi connectivity index (χ0) is 13.9. The van der Waals surface area contributed by atoms with Gasteiger partial charge in [-0.15, -0.1) is 0 Å². The molecule has 1 fully saturated rings. The number of rotatable bonds is 6. The van der Waals surface area contributed by atoms with Crippen molar-refractivity contribution in [1.29, 1.82) is 0 Å². The van der Waals surface area contributed by atoms with Gasteiger partial charge in [0.15, 0.2) is 0 Å². The molecule has 1 saturated carbocycles. The molecule has 0 aromatic heterocycles. The summed E-state index contributed by atoms with van der Waals surface area (Å²) in [6.45, 7) is 4.84. The molecule has 0 saturated heterocycles. The molecule has 19 heavy (non-hydrogen) atoms. The van der Waals surface area contributed by atoms with Gasteiger partial charge in [-0.05, 0) is 45.2 Å². The molecule has 1 aromatic carbocycles. The van der Waals surface area contributed by atoms with Gasteiger partial charge in [0.25, 0.3) is 0 Å². The van der Waals surface area contributed by atoms with Gasteiger partial charge in [0, 0.05) is 10.6 Å². The first-order valence-electron chi connectivity index (χ1n) is 6.75. The number of carbonyl (C=O) groups is 1. The number of benzene rings is 1. The summed E-state index contributed by atoms with van der Waals surface area (Å²) in [7, 11) is 0. The number of esters is 1. The fraction of sp³-hybridized carbons (Fsp3) is 0.533. The van der Waals surface area contributed by atoms with Gasteiger partial charge in [-0.25, -0.2) is 4.79 Å². The van der Waals surface area contributed by atoms with Crippen LogP contribution in [-0.2, 0) is 15.1 Å². The van der Waals surface area contributed by atoms with E-state index < -0.39 is 5.54 Å². The Kier molecular flexibility index (Phi) is 4.48. The van der Waals surface area contributed by atoms with E-state index in [1.165, 1.54) is 12.8 Å². The van der Waals surface area contributed by atoms with Gasteiger partial charge in [-0.1, -0.05) is 29.8 Å². The lowest BCUT2D eigenvalue weighted by Gasteiger charge is -2.30. The number of carbonyl (C=O) groups excluding carboxylic acids is 1. The number of halogens is 1. The van der Waals surface area contributed by atoms with Gasteiger partial charge in [0.1, 0.15) is 5.54 Å². The van der Waals surface area contributed by atoms with E-state index in [1.807, 2.05) is 32.0 Å². The summed E-state index contributed by atoms with van der Waals surface area (Å²) in [6, 6.07) is 7.42. The highest BCUT2D eigenvalue weighted by Crippen LogP contribution is 2.32. The molecule has 2 rings (SSSR count). The highest BCUT2D eigenvalue weighted by atomic mass is 35.5. The molecule has 1 aliphatic rings. The average molecular weight is 282 g/mol. The largest absolute Gasteiger partial charge is 0.464 e. The molecule has 0 radical (unpaired) electrons. The minimum atomic E-state index is -0.878. The lowest BCUT2D eigenvalue weighted by atomic mass is 9.91. The van der Waals surface area contributed by atoms with E-state index in [0.29, 0.717) is 17.5 Å². The van der Waals surface area contributed by atoms with Crippen LogP contribution in [0.15, 0.2) is 24.3 Å². The molecule has 1 unspecified atom stereocenters. The maximum absolute atomic E-state index is 12.3. The second-order valence-corrected chi connectivity index (χ2v) is 5.56. The van der Waals surface area contributed by atoms with Crippen molar-refractivity contribution in [3.05, 3.63) is 34.9 Å². The summed E-state index contributed by atoms with van der Waals surface area (Å²) in [6.07, 6.45) is 2.46. The fourth-order valence-electron chi connectivity index (χ4n) is 2.09. The predicted octanol–water partition coefficient (Wildman–Crippen LogP) is 3.12. The highest BCUT2D eigenvalue weighted by molar-refractivity contribution is 6.31. The summed E-state index contributed by atoms with van der Waals surface area (Å²) in [5.74, 6) is 0.403. The Morgan fingerprint density at radius 1 is 1.47 bits per heavy atom. The van der Waals surface area contributed by atoms with E-state index in [0.717, 1.165) is 12.1 Å². The average Bonchev–Trinajstić information content (AvgIpc) is 3.21. The molecule has 0 heterocycles. The minimum absolute atomic E-state index is 0.274. The highest BCUT2D eigenvalue weighted by Gasteiger charge is 2.39. The third kappa shape index (κ3) is 3.28. The molecule has 0 spiro atoms. The Morgan fingerprint density at radius 3 is 2.74 bits per heavy atom. The van der Waals surface area contributed by atoms with Crippen molar-refractivity contribution in [2.24, 2.45) is 5.92 Å². The Hall–Kier alpha value is -1.06. The monoisotopic (exact) mass is 281 g/mol. The smallest absolute Gasteiger partial charge is 0.330 e. The number of hydrogen-bond acceptors (Lipinski definition) is 3. The molecule has 3 nitrogen and oxygen atoms in total. The standard InChI is InChI=1S/C15H20ClNO2/c1-3-19-14(18)15(2,17-10-11-8-9-11)12-6-4-5-7-13(12)16/h4-7,11,17H,3,8-10H2,1-2H3. The van der Waals surface area contributed by atoms with E-state index in [-0.39, 0.29) is 5.97 Å². The molecule has 1 N–H and O–H groups in total. The molecule has 1 atom stereocenters. The SMILES string of the molecule is CCOC(=O)C(C)(NCC1CC1)c1ccccc1Cl. The van der Waals surface area contributed by atoms with Crippen molar-refractivity contribution in [3.8, 4) is 0 Å². The van der Waals surface area contributed by atoms with Crippen LogP contribution in [0.3, 0.4) is 0 Å². The van der Waals surface area contributed by atoms with Crippen LogP contribution >= 0.6 is 11.6 Å². The van der Waals surface area contributed by atoms with Crippen LogP contribution in [0.25, 0.3) is 0 Å². The number of ether oxygens (including phenoxy) is 1. The first-order valence-corrected chi connectivity index (χ1v) is 7.13. The van der Waals surface area contributed by atoms with Gasteiger partial charge in [-0.2, -0.15) is 0 Å². The summed E-state index contributed by atoms with van der Waals surface area (Å²) in [4.78, 5) is 12.3. The van der Waals surface area contributed by atoms with Crippen LogP contribution < -0.4 is 5.32 Å². The molecule has 1 aliphatic carbocycles. The topological polar surface area (TPSA) is 38.3 Å². The Bertz CT molecular complexity index is 459. The molecular formula is C15H20ClNO2. The van der Waals surface area contributed by atoms with Crippen molar-refractivity contribution in [2.75, 3.05) is 13.2 Å². The molecule has 0 amide bonds. The summed E-state index contributed by atoms with van der Waals surface area (Å²) >= 11 is 6.24. The molecule has 0 bridgehead atoms. The van der Waals surface area contributed by atoms with E-state index in [9.17, 15) is 4.79 Å².